The second kappa shape index (κ2) is 9.50. The van der Waals surface area contributed by atoms with E-state index in [1.165, 1.54) is 0 Å². The Morgan fingerprint density at radius 2 is 1.73 bits per heavy atom. The Bertz CT molecular complexity index is 1130. The minimum Gasteiger partial charge on any atom is -0.494 e. The quantitative estimate of drug-likeness (QED) is 0.560. The van der Waals surface area contributed by atoms with Gasteiger partial charge in [-0.25, -0.2) is 4.52 Å². The van der Waals surface area contributed by atoms with E-state index in [4.69, 9.17) is 18.9 Å². The molecule has 1 saturated carbocycles. The lowest BCUT2D eigenvalue weighted by Gasteiger charge is -2.31. The first-order valence-corrected chi connectivity index (χ1v) is 11.2. The number of nitriles is 1. The Kier molecular flexibility index (Phi) is 6.13. The summed E-state index contributed by atoms with van der Waals surface area (Å²) < 4.78 is 24.7. The number of methoxy groups -OCH3 is 1. The van der Waals surface area contributed by atoms with Crippen LogP contribution in [0.5, 0.6) is 17.5 Å². The Hall–Kier alpha value is -3.58. The summed E-state index contributed by atoms with van der Waals surface area (Å²) >= 11 is 0. The van der Waals surface area contributed by atoms with Crippen LogP contribution in [0.2, 0.25) is 0 Å². The molecule has 0 unspecified atom stereocenters. The van der Waals surface area contributed by atoms with Crippen LogP contribution in [-0.2, 0) is 4.74 Å². The van der Waals surface area contributed by atoms with E-state index in [0.29, 0.717) is 41.8 Å². The van der Waals surface area contributed by atoms with E-state index in [9.17, 15) is 5.26 Å². The summed E-state index contributed by atoms with van der Waals surface area (Å²) in [6.07, 6.45) is 10.2. The third-order valence-corrected chi connectivity index (χ3v) is 6.09. The van der Waals surface area contributed by atoms with Gasteiger partial charge in [-0.2, -0.15) is 20.3 Å². The molecule has 5 rings (SSSR count). The molecule has 4 heterocycles. The van der Waals surface area contributed by atoms with Crippen LogP contribution < -0.4 is 19.1 Å². The minimum atomic E-state index is 0.0341. The standard InChI is InChI=1S/C23H26N6O4/c1-30-20-13-25-23(26-14-20)33-19-4-2-18(3-5-19)32-21-10-17(28-6-8-31-9-7-28)15-29-22(21)16(11-24)12-27-29/h10,12-15,18-19H,2-9H2,1H3/t18-,19+. The maximum Gasteiger partial charge on any atom is 0.316 e. The van der Waals surface area contributed by atoms with E-state index >= 15 is 0 Å². The highest BCUT2D eigenvalue weighted by atomic mass is 16.5. The molecule has 0 spiro atoms. The number of hydrogen-bond donors (Lipinski definition) is 0. The van der Waals surface area contributed by atoms with Crippen molar-refractivity contribution in [3.8, 4) is 23.6 Å². The van der Waals surface area contributed by atoms with E-state index in [2.05, 4.69) is 26.0 Å². The lowest BCUT2D eigenvalue weighted by molar-refractivity contribution is 0.0754. The molecule has 0 amide bonds. The summed E-state index contributed by atoms with van der Waals surface area (Å²) in [4.78, 5) is 10.6. The normalized spacial score (nSPS) is 20.9. The molecule has 1 saturated heterocycles. The zero-order valence-corrected chi connectivity index (χ0v) is 18.5. The van der Waals surface area contributed by atoms with Crippen LogP contribution in [-0.4, -0.2) is 65.2 Å². The Morgan fingerprint density at radius 1 is 1.03 bits per heavy atom. The molecule has 0 bridgehead atoms. The second-order valence-corrected chi connectivity index (χ2v) is 8.17. The van der Waals surface area contributed by atoms with Gasteiger partial charge >= 0.3 is 6.01 Å². The Labute approximate surface area is 191 Å². The Morgan fingerprint density at radius 3 is 2.39 bits per heavy atom. The predicted molar refractivity (Wildman–Crippen MR) is 119 cm³/mol. The first kappa shape index (κ1) is 21.3. The van der Waals surface area contributed by atoms with E-state index in [1.807, 2.05) is 12.3 Å². The fraction of sp³-hybridized carbons (Fsp3) is 0.478. The van der Waals surface area contributed by atoms with Gasteiger partial charge in [-0.05, 0) is 25.7 Å². The van der Waals surface area contributed by atoms with E-state index in [0.717, 1.165) is 44.5 Å². The monoisotopic (exact) mass is 450 g/mol. The zero-order valence-electron chi connectivity index (χ0n) is 18.5. The number of fused-ring (bicyclic) bond motifs is 1. The molecule has 1 aliphatic carbocycles. The number of nitrogens with zero attached hydrogens (tertiary/aromatic N) is 6. The van der Waals surface area contributed by atoms with Gasteiger partial charge in [0.2, 0.25) is 0 Å². The number of morpholine rings is 1. The van der Waals surface area contributed by atoms with Gasteiger partial charge in [0.1, 0.15) is 29.0 Å². The maximum atomic E-state index is 9.56. The first-order valence-electron chi connectivity index (χ1n) is 11.2. The predicted octanol–water partition coefficient (Wildman–Crippen LogP) is 2.61. The molecule has 172 valence electrons. The third-order valence-electron chi connectivity index (χ3n) is 6.09. The summed E-state index contributed by atoms with van der Waals surface area (Å²) in [5.41, 5.74) is 2.23. The molecule has 3 aromatic rings. The van der Waals surface area contributed by atoms with Crippen molar-refractivity contribution in [3.05, 3.63) is 36.4 Å². The molecule has 0 radical (unpaired) electrons. The van der Waals surface area contributed by atoms with E-state index < -0.39 is 0 Å². The van der Waals surface area contributed by atoms with Crippen LogP contribution in [0, 0.1) is 11.3 Å². The van der Waals surface area contributed by atoms with Crippen molar-refractivity contribution >= 4 is 11.2 Å². The summed E-state index contributed by atoms with van der Waals surface area (Å²) in [5.74, 6) is 1.29. The summed E-state index contributed by atoms with van der Waals surface area (Å²) in [6.45, 7) is 3.01. The van der Waals surface area contributed by atoms with Crippen LogP contribution >= 0.6 is 0 Å². The highest BCUT2D eigenvalue weighted by molar-refractivity contribution is 5.72. The molecule has 2 aliphatic rings. The van der Waals surface area contributed by atoms with Crippen LogP contribution in [0.1, 0.15) is 31.2 Å². The second-order valence-electron chi connectivity index (χ2n) is 8.17. The van der Waals surface area contributed by atoms with Gasteiger partial charge in [0.15, 0.2) is 5.75 Å². The highest BCUT2D eigenvalue weighted by Gasteiger charge is 2.26. The van der Waals surface area contributed by atoms with Crippen molar-refractivity contribution < 1.29 is 18.9 Å². The van der Waals surface area contributed by atoms with Gasteiger partial charge < -0.3 is 23.8 Å². The molecule has 0 N–H and O–H groups in total. The van der Waals surface area contributed by atoms with Crippen molar-refractivity contribution in [3.63, 3.8) is 0 Å². The molecular formula is C23H26N6O4. The van der Waals surface area contributed by atoms with Gasteiger partial charge in [0, 0.05) is 19.2 Å². The lowest BCUT2D eigenvalue weighted by atomic mass is 9.95. The Balaban J connectivity index is 1.28. The van der Waals surface area contributed by atoms with Gasteiger partial charge in [-0.1, -0.05) is 0 Å². The van der Waals surface area contributed by atoms with E-state index in [1.54, 1.807) is 30.2 Å². The third kappa shape index (κ3) is 4.64. The van der Waals surface area contributed by atoms with Crippen molar-refractivity contribution in [2.45, 2.75) is 37.9 Å². The number of ether oxygens (including phenoxy) is 4. The summed E-state index contributed by atoms with van der Waals surface area (Å²) in [7, 11) is 1.58. The average molecular weight is 450 g/mol. The molecule has 0 aromatic carbocycles. The molecule has 2 fully saturated rings. The van der Waals surface area contributed by atoms with Crippen LogP contribution in [0.25, 0.3) is 5.52 Å². The summed E-state index contributed by atoms with van der Waals surface area (Å²) in [6, 6.07) is 4.61. The van der Waals surface area contributed by atoms with Crippen LogP contribution in [0.15, 0.2) is 30.9 Å². The number of pyridine rings is 1. The highest BCUT2D eigenvalue weighted by Crippen LogP contribution is 2.33. The molecule has 10 heteroatoms. The zero-order chi connectivity index (χ0) is 22.6. The van der Waals surface area contributed by atoms with Crippen LogP contribution in [0.4, 0.5) is 5.69 Å². The van der Waals surface area contributed by atoms with Crippen molar-refractivity contribution in [1.29, 1.82) is 5.26 Å². The maximum absolute atomic E-state index is 9.56. The molecule has 1 aliphatic heterocycles. The van der Waals surface area contributed by atoms with Gasteiger partial charge in [0.05, 0.1) is 56.9 Å². The molecule has 0 atom stereocenters. The van der Waals surface area contributed by atoms with Crippen molar-refractivity contribution in [1.82, 2.24) is 19.6 Å². The number of rotatable bonds is 6. The first-order chi connectivity index (χ1) is 16.2. The van der Waals surface area contributed by atoms with Gasteiger partial charge in [-0.15, -0.1) is 0 Å². The number of aromatic nitrogens is 4. The van der Waals surface area contributed by atoms with Crippen molar-refractivity contribution in [2.24, 2.45) is 0 Å². The topological polar surface area (TPSA) is 107 Å². The minimum absolute atomic E-state index is 0.0341. The lowest BCUT2D eigenvalue weighted by Crippen LogP contribution is -2.36. The number of anilines is 1. The fourth-order valence-electron chi connectivity index (χ4n) is 4.30. The SMILES string of the molecule is COc1cnc(O[C@H]2CC[C@@H](Oc3cc(N4CCOCC4)cn4ncc(C#N)c34)CC2)nc1. The number of hydrogen-bond acceptors (Lipinski definition) is 9. The van der Waals surface area contributed by atoms with Gasteiger partial charge in [-0.3, -0.25) is 0 Å². The summed E-state index contributed by atoms with van der Waals surface area (Å²) in [5, 5.41) is 13.9. The molecular weight excluding hydrogens is 424 g/mol. The average Bonchev–Trinajstić information content (AvgIpc) is 3.30. The largest absolute Gasteiger partial charge is 0.494 e. The van der Waals surface area contributed by atoms with Crippen LogP contribution in [0.3, 0.4) is 0 Å². The smallest absolute Gasteiger partial charge is 0.316 e. The molecule has 33 heavy (non-hydrogen) atoms. The molecule has 10 nitrogen and oxygen atoms in total. The molecule has 3 aromatic heterocycles. The van der Waals surface area contributed by atoms with Gasteiger partial charge in [0.25, 0.3) is 0 Å². The van der Waals surface area contributed by atoms with E-state index in [-0.39, 0.29) is 12.2 Å². The fourth-order valence-corrected chi connectivity index (χ4v) is 4.30. The van der Waals surface area contributed by atoms with Crippen molar-refractivity contribution in [2.75, 3.05) is 38.3 Å².